The van der Waals surface area contributed by atoms with Gasteiger partial charge in [0.2, 0.25) is 5.91 Å². The highest BCUT2D eigenvalue weighted by Gasteiger charge is 2.36. The van der Waals surface area contributed by atoms with E-state index < -0.39 is 23.8 Å². The third-order valence-corrected chi connectivity index (χ3v) is 6.86. The molecule has 9 nitrogen and oxygen atoms in total. The normalized spacial score (nSPS) is 11.4. The molecule has 0 saturated heterocycles. The van der Waals surface area contributed by atoms with Crippen LogP contribution in [0.2, 0.25) is 0 Å². The molecule has 0 aliphatic rings. The average Bonchev–Trinajstić information content (AvgIpc) is 3.33. The van der Waals surface area contributed by atoms with E-state index in [0.29, 0.717) is 23.6 Å². The quantitative estimate of drug-likeness (QED) is 0.273. The van der Waals surface area contributed by atoms with Gasteiger partial charge in [0, 0.05) is 12.2 Å². The molecule has 0 spiro atoms. The Hall–Kier alpha value is -4.70. The van der Waals surface area contributed by atoms with Gasteiger partial charge in [-0.15, -0.1) is 0 Å². The van der Waals surface area contributed by atoms with Crippen molar-refractivity contribution in [2.75, 3.05) is 17.2 Å². The number of aromatic nitrogens is 1. The fourth-order valence-electron chi connectivity index (χ4n) is 4.04. The number of amides is 3. The van der Waals surface area contributed by atoms with Crippen molar-refractivity contribution in [1.29, 1.82) is 0 Å². The van der Waals surface area contributed by atoms with Gasteiger partial charge in [-0.25, -0.2) is 0 Å². The van der Waals surface area contributed by atoms with Gasteiger partial charge in [0.05, 0.1) is 12.3 Å². The van der Waals surface area contributed by atoms with Crippen LogP contribution < -0.4 is 26.4 Å². The van der Waals surface area contributed by atoms with Gasteiger partial charge in [0.25, 0.3) is 11.8 Å². The van der Waals surface area contributed by atoms with Crippen molar-refractivity contribution < 1.29 is 19.1 Å². The predicted octanol–water partition coefficient (Wildman–Crippen LogP) is 4.24. The molecule has 0 fully saturated rings. The summed E-state index contributed by atoms with van der Waals surface area (Å²) in [6, 6.07) is 22.6. The second-order valence-corrected chi connectivity index (χ2v) is 9.53. The second-order valence-electron chi connectivity index (χ2n) is 8.76. The minimum atomic E-state index is -1.09. The summed E-state index contributed by atoms with van der Waals surface area (Å²) in [4.78, 5) is 41.2. The Morgan fingerprint density at radius 1 is 1.00 bits per heavy atom. The van der Waals surface area contributed by atoms with Gasteiger partial charge in [-0.2, -0.15) is 4.37 Å². The van der Waals surface area contributed by atoms with Crippen molar-refractivity contribution in [3.05, 3.63) is 106 Å². The summed E-state index contributed by atoms with van der Waals surface area (Å²) in [6.45, 7) is 4.55. The summed E-state index contributed by atoms with van der Waals surface area (Å²) < 4.78 is 9.56. The molecular formula is C29H29N5O4S. The van der Waals surface area contributed by atoms with Crippen LogP contribution in [0.25, 0.3) is 0 Å². The van der Waals surface area contributed by atoms with E-state index in [0.717, 1.165) is 22.7 Å². The summed E-state index contributed by atoms with van der Waals surface area (Å²) in [6.07, 6.45) is 0. The van der Waals surface area contributed by atoms with Crippen LogP contribution in [0, 0.1) is 6.92 Å². The first-order valence-electron chi connectivity index (χ1n) is 12.3. The van der Waals surface area contributed by atoms with E-state index in [1.54, 1.807) is 36.4 Å². The van der Waals surface area contributed by atoms with Crippen LogP contribution in [0.4, 0.5) is 11.4 Å². The molecule has 1 heterocycles. The Balaban J connectivity index is 1.82. The maximum atomic E-state index is 14.1. The lowest BCUT2D eigenvalue weighted by Gasteiger charge is -2.31. The van der Waals surface area contributed by atoms with Crippen molar-refractivity contribution in [3.63, 3.8) is 0 Å². The van der Waals surface area contributed by atoms with E-state index in [4.69, 9.17) is 16.2 Å². The van der Waals surface area contributed by atoms with Gasteiger partial charge in [-0.1, -0.05) is 60.2 Å². The van der Waals surface area contributed by atoms with Crippen molar-refractivity contribution in [3.8, 4) is 5.75 Å². The zero-order chi connectivity index (χ0) is 27.9. The lowest BCUT2D eigenvalue weighted by atomic mass is 10.0. The molecule has 200 valence electrons. The number of rotatable bonds is 10. The zero-order valence-corrected chi connectivity index (χ0v) is 22.4. The number of nitrogens with zero attached hydrogens (tertiary/aromatic N) is 2. The molecule has 0 aliphatic heterocycles. The fourth-order valence-corrected chi connectivity index (χ4v) is 4.78. The number of nitrogen functional groups attached to an aromatic ring is 1. The van der Waals surface area contributed by atoms with Crippen LogP contribution >= 0.6 is 11.5 Å². The zero-order valence-electron chi connectivity index (χ0n) is 21.6. The summed E-state index contributed by atoms with van der Waals surface area (Å²) in [5.41, 5.74) is 14.1. The molecule has 0 saturated carbocycles. The predicted molar refractivity (Wildman–Crippen MR) is 152 cm³/mol. The van der Waals surface area contributed by atoms with E-state index >= 15 is 0 Å². The SMILES string of the molecule is CCOc1ccc([C@@H](C(=O)NCc2ccccc2)N(C(=O)c2snc(C(N)=O)c2N)c2ccc(C)cc2)cc1. The molecule has 10 heteroatoms. The van der Waals surface area contributed by atoms with Crippen molar-refractivity contribution >= 4 is 40.6 Å². The number of hydrogen-bond donors (Lipinski definition) is 3. The molecule has 0 unspecified atom stereocenters. The van der Waals surface area contributed by atoms with E-state index in [1.165, 1.54) is 4.90 Å². The third kappa shape index (κ3) is 6.24. The minimum absolute atomic E-state index is 0.0103. The Bertz CT molecular complexity index is 1450. The van der Waals surface area contributed by atoms with Gasteiger partial charge in [-0.3, -0.25) is 19.3 Å². The van der Waals surface area contributed by atoms with Gasteiger partial charge in [0.1, 0.15) is 16.7 Å². The fraction of sp³-hybridized carbons (Fsp3) is 0.172. The molecule has 0 bridgehead atoms. The van der Waals surface area contributed by atoms with Crippen molar-refractivity contribution in [1.82, 2.24) is 9.69 Å². The Kier molecular flexibility index (Phi) is 8.57. The number of primary amides is 1. The molecule has 39 heavy (non-hydrogen) atoms. The number of anilines is 2. The first-order valence-corrected chi connectivity index (χ1v) is 13.1. The smallest absolute Gasteiger partial charge is 0.273 e. The van der Waals surface area contributed by atoms with E-state index in [9.17, 15) is 14.4 Å². The first-order chi connectivity index (χ1) is 18.8. The van der Waals surface area contributed by atoms with Crippen LogP contribution in [0.3, 0.4) is 0 Å². The maximum Gasteiger partial charge on any atom is 0.273 e. The van der Waals surface area contributed by atoms with E-state index in [2.05, 4.69) is 9.69 Å². The monoisotopic (exact) mass is 543 g/mol. The summed E-state index contributed by atoms with van der Waals surface area (Å²) >= 11 is 0.764. The summed E-state index contributed by atoms with van der Waals surface area (Å²) in [5, 5.41) is 2.96. The third-order valence-electron chi connectivity index (χ3n) is 6.01. The van der Waals surface area contributed by atoms with Gasteiger partial charge in [0.15, 0.2) is 5.69 Å². The highest BCUT2D eigenvalue weighted by Crippen LogP contribution is 2.34. The highest BCUT2D eigenvalue weighted by molar-refractivity contribution is 7.09. The van der Waals surface area contributed by atoms with Gasteiger partial charge < -0.3 is 21.5 Å². The maximum absolute atomic E-state index is 14.1. The number of benzene rings is 3. The Morgan fingerprint density at radius 3 is 2.26 bits per heavy atom. The van der Waals surface area contributed by atoms with Crippen LogP contribution in [0.15, 0.2) is 78.9 Å². The Morgan fingerprint density at radius 2 is 1.67 bits per heavy atom. The molecule has 4 rings (SSSR count). The number of ether oxygens (including phenoxy) is 1. The van der Waals surface area contributed by atoms with Crippen molar-refractivity contribution in [2.24, 2.45) is 5.73 Å². The number of nitrogens with one attached hydrogen (secondary N) is 1. The van der Waals surface area contributed by atoms with E-state index in [-0.39, 0.29) is 22.8 Å². The lowest BCUT2D eigenvalue weighted by molar-refractivity contribution is -0.122. The topological polar surface area (TPSA) is 141 Å². The molecule has 0 aliphatic carbocycles. The van der Waals surface area contributed by atoms with Gasteiger partial charge in [-0.05, 0) is 60.8 Å². The number of nitrogens with two attached hydrogens (primary N) is 2. The summed E-state index contributed by atoms with van der Waals surface area (Å²) in [5.74, 6) is -1.20. The van der Waals surface area contributed by atoms with Crippen LogP contribution in [-0.4, -0.2) is 28.7 Å². The van der Waals surface area contributed by atoms with Crippen LogP contribution in [-0.2, 0) is 11.3 Å². The number of carbonyl (C=O) groups excluding carboxylic acids is 3. The largest absolute Gasteiger partial charge is 0.494 e. The molecule has 1 aromatic heterocycles. The molecule has 3 amide bonds. The summed E-state index contributed by atoms with van der Waals surface area (Å²) in [7, 11) is 0. The van der Waals surface area contributed by atoms with Crippen LogP contribution in [0.1, 0.15) is 49.8 Å². The molecule has 3 aromatic carbocycles. The first kappa shape index (κ1) is 27.3. The highest BCUT2D eigenvalue weighted by atomic mass is 32.1. The molecule has 1 atom stereocenters. The molecule has 4 aromatic rings. The lowest BCUT2D eigenvalue weighted by Crippen LogP contribution is -2.44. The average molecular weight is 544 g/mol. The Labute approximate surface area is 230 Å². The van der Waals surface area contributed by atoms with E-state index in [1.807, 2.05) is 56.3 Å². The number of aryl methyl sites for hydroxylation is 1. The van der Waals surface area contributed by atoms with Crippen molar-refractivity contribution in [2.45, 2.75) is 26.4 Å². The number of carbonyl (C=O) groups is 3. The number of hydrogen-bond acceptors (Lipinski definition) is 7. The minimum Gasteiger partial charge on any atom is -0.494 e. The molecule has 5 N–H and O–H groups in total. The van der Waals surface area contributed by atoms with Gasteiger partial charge >= 0.3 is 0 Å². The standard InChI is InChI=1S/C29H29N5O4S/c1-3-38-22-15-11-20(12-16-22)25(28(36)32-17-19-7-5-4-6-8-19)34(21-13-9-18(2)10-14-21)29(37)26-23(30)24(27(31)35)33-39-26/h4-16,25H,3,17,30H2,1-2H3,(H2,31,35)(H,32,36)/t25-/m0/s1. The molecular weight excluding hydrogens is 514 g/mol. The molecule has 0 radical (unpaired) electrons. The van der Waals surface area contributed by atoms with Crippen LogP contribution in [0.5, 0.6) is 5.75 Å². The second kappa shape index (κ2) is 12.2.